The standard InChI is InChI=1S/C33H32Cl2N2O4/c1-32(2,3)20-12-17(13-21(30(20)40)33(4,5)6)31(41)37-25-9-7-8-16-10-11-24(36-27(16)25)26-28(38)18-14-22(34)23(35)15-19(18)29(26)39/h7-15,24,26,36,40H,1-6H3,(H,37,41)/p+1. The maximum absolute atomic E-state index is 13.7. The van der Waals surface area contributed by atoms with Crippen molar-refractivity contribution in [2.45, 2.75) is 58.4 Å². The number of hydrogen-bond donors (Lipinski definition) is 3. The molecular formula is C33H33Cl2N2O4+. The molecule has 1 aliphatic heterocycles. The number of phenols is 1. The third-order valence-corrected chi connectivity index (χ3v) is 8.39. The number of fused-ring (bicyclic) bond motifs is 2. The van der Waals surface area contributed by atoms with E-state index in [1.54, 1.807) is 18.2 Å². The molecule has 0 aromatic heterocycles. The highest BCUT2D eigenvalue weighted by molar-refractivity contribution is 6.43. The van der Waals surface area contributed by atoms with E-state index in [1.165, 1.54) is 12.1 Å². The molecule has 0 radical (unpaired) electrons. The first-order chi connectivity index (χ1) is 19.1. The molecule has 1 heterocycles. The van der Waals surface area contributed by atoms with Crippen LogP contribution in [0.5, 0.6) is 5.75 Å². The Morgan fingerprint density at radius 2 is 1.54 bits per heavy atom. The van der Waals surface area contributed by atoms with Crippen molar-refractivity contribution >= 4 is 58.1 Å². The van der Waals surface area contributed by atoms with Gasteiger partial charge in [-0.2, -0.15) is 0 Å². The molecule has 0 fully saturated rings. The second-order valence-electron chi connectivity index (χ2n) is 12.7. The number of rotatable bonds is 3. The molecular weight excluding hydrogens is 559 g/mol. The normalized spacial score (nSPS) is 18.1. The number of nitrogens with one attached hydrogen (secondary N) is 2. The third-order valence-electron chi connectivity index (χ3n) is 7.67. The summed E-state index contributed by atoms with van der Waals surface area (Å²) in [4.78, 5) is 38.0. The van der Waals surface area contributed by atoms with Gasteiger partial charge in [0.1, 0.15) is 5.75 Å². The zero-order valence-electron chi connectivity index (χ0n) is 23.8. The van der Waals surface area contributed by atoms with Crippen LogP contribution in [0.25, 0.3) is 6.08 Å². The number of amides is 1. The van der Waals surface area contributed by atoms with E-state index < -0.39 is 12.0 Å². The molecule has 5 rings (SSSR count). The number of para-hydroxylation sites is 1. The monoisotopic (exact) mass is 591 g/mol. The molecule has 0 spiro atoms. The lowest BCUT2D eigenvalue weighted by molar-refractivity contribution is 0.0955. The first kappa shape index (κ1) is 28.9. The number of aromatic hydroxyl groups is 1. The van der Waals surface area contributed by atoms with Crippen LogP contribution < -0.4 is 10.6 Å². The predicted octanol–water partition coefficient (Wildman–Crippen LogP) is 7.76. The number of halogens is 2. The summed E-state index contributed by atoms with van der Waals surface area (Å²) in [5.74, 6) is -1.35. The molecule has 4 N–H and O–H groups in total. The minimum absolute atomic E-state index is 0.0794. The Bertz CT molecular complexity index is 1580. The van der Waals surface area contributed by atoms with E-state index in [-0.39, 0.29) is 44.1 Å². The van der Waals surface area contributed by atoms with Gasteiger partial charge < -0.3 is 15.7 Å². The molecule has 3 aromatic carbocycles. The van der Waals surface area contributed by atoms with Gasteiger partial charge in [0.15, 0.2) is 11.7 Å². The van der Waals surface area contributed by atoms with Crippen LogP contribution in [-0.2, 0) is 10.8 Å². The van der Waals surface area contributed by atoms with Gasteiger partial charge in [-0.15, -0.1) is 0 Å². The highest BCUT2D eigenvalue weighted by Gasteiger charge is 2.48. The second-order valence-corrected chi connectivity index (χ2v) is 13.5. The zero-order chi connectivity index (χ0) is 30.0. The van der Waals surface area contributed by atoms with Crippen LogP contribution in [0.4, 0.5) is 11.4 Å². The van der Waals surface area contributed by atoms with Crippen molar-refractivity contribution in [3.05, 3.63) is 92.0 Å². The molecule has 1 aliphatic carbocycles. The summed E-state index contributed by atoms with van der Waals surface area (Å²) in [6.07, 6.45) is 3.69. The number of phenolic OH excluding ortho intramolecular Hbond substituents is 1. The van der Waals surface area contributed by atoms with Crippen LogP contribution in [0.3, 0.4) is 0 Å². The van der Waals surface area contributed by atoms with E-state index in [0.29, 0.717) is 39.2 Å². The first-order valence-corrected chi connectivity index (χ1v) is 14.2. The van der Waals surface area contributed by atoms with Crippen molar-refractivity contribution in [2.75, 3.05) is 10.6 Å². The van der Waals surface area contributed by atoms with Crippen LogP contribution in [0, 0.1) is 5.92 Å². The molecule has 8 heteroatoms. The average molecular weight is 593 g/mol. The minimum Gasteiger partial charge on any atom is -0.507 e. The zero-order valence-corrected chi connectivity index (χ0v) is 25.3. The molecule has 3 aromatic rings. The fraction of sp³-hybridized carbons (Fsp3) is 0.303. The lowest BCUT2D eigenvalue weighted by Crippen LogP contribution is -2.36. The van der Waals surface area contributed by atoms with Gasteiger partial charge in [0.2, 0.25) is 0 Å². The molecule has 2 unspecified atom stereocenters. The Labute approximate surface area is 249 Å². The van der Waals surface area contributed by atoms with E-state index in [0.717, 1.165) is 5.56 Å². The second kappa shape index (κ2) is 10.0. The molecule has 2 atom stereocenters. The fourth-order valence-corrected chi connectivity index (χ4v) is 5.78. The van der Waals surface area contributed by atoms with Crippen molar-refractivity contribution < 1.29 is 19.5 Å². The number of Topliss-reactive ketones (excluding diaryl/α,β-unsaturated/α-hetero) is 1. The van der Waals surface area contributed by atoms with Crippen LogP contribution in [0.1, 0.15) is 84.5 Å². The van der Waals surface area contributed by atoms with Gasteiger partial charge >= 0.3 is 5.78 Å². The first-order valence-electron chi connectivity index (χ1n) is 13.4. The number of carbonyl (C=O) groups excluding carboxylic acids is 3. The maximum atomic E-state index is 13.7. The Morgan fingerprint density at radius 1 is 0.951 bits per heavy atom. The summed E-state index contributed by atoms with van der Waals surface area (Å²) in [5.41, 5.74) is 3.71. The number of anilines is 2. The van der Waals surface area contributed by atoms with Crippen molar-refractivity contribution in [2.24, 2.45) is 5.92 Å². The van der Waals surface area contributed by atoms with Crippen molar-refractivity contribution in [3.8, 4) is 5.75 Å². The molecule has 41 heavy (non-hydrogen) atoms. The Balaban J connectivity index is 1.47. The topological polar surface area (TPSA) is 99.8 Å². The molecule has 212 valence electrons. The smallest absolute Gasteiger partial charge is 0.337 e. The van der Waals surface area contributed by atoms with Crippen LogP contribution >= 0.6 is 23.2 Å². The maximum Gasteiger partial charge on any atom is 0.337 e. The fourth-order valence-electron chi connectivity index (χ4n) is 5.45. The molecule has 6 nitrogen and oxygen atoms in total. The highest BCUT2D eigenvalue weighted by Crippen LogP contribution is 2.41. The molecule has 0 bridgehead atoms. The summed E-state index contributed by atoms with van der Waals surface area (Å²) in [6, 6.07) is 11.4. The lowest BCUT2D eigenvalue weighted by atomic mass is 9.78. The van der Waals surface area contributed by atoms with Crippen molar-refractivity contribution in [3.63, 3.8) is 0 Å². The van der Waals surface area contributed by atoms with Gasteiger partial charge in [-0.25, -0.2) is 0 Å². The predicted molar refractivity (Wildman–Crippen MR) is 167 cm³/mol. The molecule has 0 saturated heterocycles. The van der Waals surface area contributed by atoms with E-state index >= 15 is 0 Å². The third kappa shape index (κ3) is 5.15. The van der Waals surface area contributed by atoms with Gasteiger partial charge in [-0.3, -0.25) is 14.4 Å². The van der Waals surface area contributed by atoms with E-state index in [2.05, 4.69) is 10.6 Å². The lowest BCUT2D eigenvalue weighted by Gasteiger charge is -2.28. The Kier molecular flexibility index (Phi) is 7.07. The Morgan fingerprint density at radius 3 is 2.12 bits per heavy atom. The minimum atomic E-state index is -0.881. The van der Waals surface area contributed by atoms with Crippen molar-refractivity contribution in [1.29, 1.82) is 0 Å². The average Bonchev–Trinajstić information content (AvgIpc) is 3.11. The summed E-state index contributed by atoms with van der Waals surface area (Å²) < 4.78 is 0. The van der Waals surface area contributed by atoms with Gasteiger partial charge in [-0.05, 0) is 46.7 Å². The van der Waals surface area contributed by atoms with Gasteiger partial charge in [0.25, 0.3) is 5.91 Å². The van der Waals surface area contributed by atoms with Crippen molar-refractivity contribution in [1.82, 2.24) is 0 Å². The number of carbonyl (C=O) groups is 2. The van der Waals surface area contributed by atoms with E-state index in [9.17, 15) is 19.5 Å². The van der Waals surface area contributed by atoms with Gasteiger partial charge in [0.05, 0.1) is 33.0 Å². The summed E-state index contributed by atoms with van der Waals surface area (Å²) in [7, 11) is 0. The van der Waals surface area contributed by atoms with E-state index in [4.69, 9.17) is 23.2 Å². The molecule has 0 saturated carbocycles. The quantitative estimate of drug-likeness (QED) is 0.214. The van der Waals surface area contributed by atoms with Crippen LogP contribution in [0.2, 0.25) is 10.0 Å². The van der Waals surface area contributed by atoms with Gasteiger partial charge in [-0.1, -0.05) is 89.0 Å². The van der Waals surface area contributed by atoms with Crippen LogP contribution in [0.15, 0.2) is 48.5 Å². The largest absolute Gasteiger partial charge is 0.507 e. The Hall–Kier alpha value is -3.61. The summed E-state index contributed by atoms with van der Waals surface area (Å²) in [6.45, 7) is 12.0. The number of ketones is 2. The number of hydrogen-bond acceptors (Lipinski definition) is 4. The SMILES string of the molecule is CC(C)(C)c1cc(C(=O)Nc2cccc3c2NC(C2C(=O)c4cc(Cl)c(Cl)cc4C2=[OH+])C=C3)cc(C(C)(C)C)c1O. The summed E-state index contributed by atoms with van der Waals surface area (Å²) in [5, 5.41) is 18.0. The highest BCUT2D eigenvalue weighted by atomic mass is 35.5. The molecule has 2 aliphatic rings. The van der Waals surface area contributed by atoms with Gasteiger partial charge in [0, 0.05) is 22.3 Å². The molecule has 1 amide bonds. The summed E-state index contributed by atoms with van der Waals surface area (Å²) >= 11 is 12.3. The van der Waals surface area contributed by atoms with E-state index in [1.807, 2.05) is 65.8 Å². The van der Waals surface area contributed by atoms with Crippen LogP contribution in [-0.4, -0.2) is 33.4 Å². The number of benzene rings is 3.